The summed E-state index contributed by atoms with van der Waals surface area (Å²) >= 11 is 1.11. The summed E-state index contributed by atoms with van der Waals surface area (Å²) in [6.45, 7) is 1.38. The standard InChI is InChI=1S/C10H14N6O2S/c11-9-13-14-10(19-7-8(17)18)16(9)6-2-5-15-4-1-3-12-15/h1,3-4H,2,5-7H2,(H2,11,13)(H,17,18). The zero-order valence-electron chi connectivity index (χ0n) is 10.1. The van der Waals surface area contributed by atoms with Crippen LogP contribution in [0, 0.1) is 0 Å². The Labute approximate surface area is 113 Å². The first kappa shape index (κ1) is 13.4. The highest BCUT2D eigenvalue weighted by atomic mass is 32.2. The zero-order valence-corrected chi connectivity index (χ0v) is 11.0. The Morgan fingerprint density at radius 1 is 1.42 bits per heavy atom. The minimum Gasteiger partial charge on any atom is -0.481 e. The third kappa shape index (κ3) is 3.71. The normalized spacial score (nSPS) is 10.7. The second-order valence-corrected chi connectivity index (χ2v) is 4.74. The van der Waals surface area contributed by atoms with Crippen LogP contribution in [0.1, 0.15) is 6.42 Å². The number of hydrogen-bond donors (Lipinski definition) is 2. The maximum Gasteiger partial charge on any atom is 0.313 e. The quantitative estimate of drug-likeness (QED) is 0.703. The van der Waals surface area contributed by atoms with Crippen molar-refractivity contribution in [2.45, 2.75) is 24.7 Å². The molecular formula is C10H14N6O2S. The predicted octanol–water partition coefficient (Wildman–Crippen LogP) is 0.324. The van der Waals surface area contributed by atoms with Crippen LogP contribution in [0.15, 0.2) is 23.6 Å². The summed E-state index contributed by atoms with van der Waals surface area (Å²) in [5, 5.41) is 20.9. The number of aliphatic carboxylic acids is 1. The van der Waals surface area contributed by atoms with Gasteiger partial charge in [0.05, 0.1) is 5.75 Å². The molecule has 2 aromatic rings. The van der Waals surface area contributed by atoms with Crippen molar-refractivity contribution in [2.75, 3.05) is 11.5 Å². The Morgan fingerprint density at radius 2 is 2.26 bits per heavy atom. The van der Waals surface area contributed by atoms with E-state index in [1.54, 1.807) is 10.8 Å². The Kier molecular flexibility index (Phi) is 4.39. The van der Waals surface area contributed by atoms with Crippen LogP contribution in [-0.2, 0) is 17.9 Å². The Balaban J connectivity index is 1.91. The molecule has 9 heteroatoms. The van der Waals surface area contributed by atoms with Crippen LogP contribution in [0.2, 0.25) is 0 Å². The minimum atomic E-state index is -0.894. The molecule has 2 rings (SSSR count). The molecule has 2 heterocycles. The zero-order chi connectivity index (χ0) is 13.7. The fourth-order valence-electron chi connectivity index (χ4n) is 1.57. The molecule has 0 bridgehead atoms. The number of nitrogen functional groups attached to an aromatic ring is 1. The van der Waals surface area contributed by atoms with Crippen LogP contribution in [0.25, 0.3) is 0 Å². The smallest absolute Gasteiger partial charge is 0.313 e. The van der Waals surface area contributed by atoms with E-state index in [4.69, 9.17) is 10.8 Å². The lowest BCUT2D eigenvalue weighted by molar-refractivity contribution is -0.133. The van der Waals surface area contributed by atoms with E-state index in [2.05, 4.69) is 15.3 Å². The molecule has 0 aromatic carbocycles. The molecule has 3 N–H and O–H groups in total. The third-order valence-electron chi connectivity index (χ3n) is 2.40. The average molecular weight is 282 g/mol. The number of nitrogens with two attached hydrogens (primary N) is 1. The Morgan fingerprint density at radius 3 is 2.95 bits per heavy atom. The first-order valence-corrected chi connectivity index (χ1v) is 6.66. The molecule has 102 valence electrons. The van der Waals surface area contributed by atoms with Gasteiger partial charge < -0.3 is 10.8 Å². The second-order valence-electron chi connectivity index (χ2n) is 3.80. The predicted molar refractivity (Wildman–Crippen MR) is 69.6 cm³/mol. The summed E-state index contributed by atoms with van der Waals surface area (Å²) in [4.78, 5) is 10.5. The number of carbonyl (C=O) groups is 1. The van der Waals surface area contributed by atoms with E-state index in [1.165, 1.54) is 0 Å². The summed E-state index contributed by atoms with van der Waals surface area (Å²) < 4.78 is 3.54. The summed E-state index contributed by atoms with van der Waals surface area (Å²) in [5.41, 5.74) is 5.71. The van der Waals surface area contributed by atoms with E-state index in [-0.39, 0.29) is 5.75 Å². The van der Waals surface area contributed by atoms with Crippen LogP contribution in [0.5, 0.6) is 0 Å². The van der Waals surface area contributed by atoms with Crippen molar-refractivity contribution >= 4 is 23.7 Å². The first-order chi connectivity index (χ1) is 9.16. The number of nitrogens with zero attached hydrogens (tertiary/aromatic N) is 5. The van der Waals surface area contributed by atoms with Crippen LogP contribution >= 0.6 is 11.8 Å². The molecule has 0 aliphatic carbocycles. The second kappa shape index (κ2) is 6.23. The third-order valence-corrected chi connectivity index (χ3v) is 3.35. The fourth-order valence-corrected chi connectivity index (χ4v) is 2.26. The van der Waals surface area contributed by atoms with Gasteiger partial charge in [0.15, 0.2) is 5.16 Å². The van der Waals surface area contributed by atoms with Crippen molar-refractivity contribution in [3.8, 4) is 0 Å². The summed E-state index contributed by atoms with van der Waals surface area (Å²) in [5.74, 6) is -0.653. The maximum atomic E-state index is 10.5. The van der Waals surface area contributed by atoms with E-state index >= 15 is 0 Å². The van der Waals surface area contributed by atoms with Gasteiger partial charge in [-0.1, -0.05) is 11.8 Å². The van der Waals surface area contributed by atoms with Crippen molar-refractivity contribution in [2.24, 2.45) is 0 Å². The van der Waals surface area contributed by atoms with E-state index in [0.717, 1.165) is 24.7 Å². The number of carboxylic acid groups (broad SMARTS) is 1. The van der Waals surface area contributed by atoms with Crippen molar-refractivity contribution in [1.82, 2.24) is 24.5 Å². The molecule has 0 spiro atoms. The highest BCUT2D eigenvalue weighted by Gasteiger charge is 2.11. The summed E-state index contributed by atoms with van der Waals surface area (Å²) in [6.07, 6.45) is 4.42. The lowest BCUT2D eigenvalue weighted by Crippen LogP contribution is -2.09. The van der Waals surface area contributed by atoms with Gasteiger partial charge in [0, 0.05) is 25.5 Å². The number of aryl methyl sites for hydroxylation is 1. The molecule has 2 aromatic heterocycles. The molecule has 0 unspecified atom stereocenters. The van der Waals surface area contributed by atoms with Gasteiger partial charge in [-0.15, -0.1) is 10.2 Å². The van der Waals surface area contributed by atoms with Gasteiger partial charge in [-0.25, -0.2) is 0 Å². The number of rotatable bonds is 7. The van der Waals surface area contributed by atoms with E-state index < -0.39 is 5.97 Å². The van der Waals surface area contributed by atoms with E-state index in [9.17, 15) is 4.79 Å². The van der Waals surface area contributed by atoms with Gasteiger partial charge in [0.25, 0.3) is 0 Å². The Hall–Kier alpha value is -2.03. The topological polar surface area (TPSA) is 112 Å². The number of thioether (sulfide) groups is 1. The molecule has 0 atom stereocenters. The number of aromatic nitrogens is 5. The van der Waals surface area contributed by atoms with Gasteiger partial charge in [-0.2, -0.15) is 5.10 Å². The molecule has 0 fully saturated rings. The number of carboxylic acids is 1. The number of anilines is 1. The van der Waals surface area contributed by atoms with Crippen LogP contribution < -0.4 is 5.73 Å². The minimum absolute atomic E-state index is 0.0582. The van der Waals surface area contributed by atoms with Crippen molar-refractivity contribution < 1.29 is 9.90 Å². The van der Waals surface area contributed by atoms with Crippen LogP contribution in [0.3, 0.4) is 0 Å². The largest absolute Gasteiger partial charge is 0.481 e. The Bertz CT molecular complexity index is 538. The van der Waals surface area contributed by atoms with Gasteiger partial charge in [-0.05, 0) is 12.5 Å². The lowest BCUT2D eigenvalue weighted by atomic mass is 10.4. The molecule has 8 nitrogen and oxygen atoms in total. The monoisotopic (exact) mass is 282 g/mol. The van der Waals surface area contributed by atoms with Gasteiger partial charge in [-0.3, -0.25) is 14.0 Å². The SMILES string of the molecule is Nc1nnc(SCC(=O)O)n1CCCn1cccn1. The van der Waals surface area contributed by atoms with Crippen LogP contribution in [0.4, 0.5) is 5.95 Å². The highest BCUT2D eigenvalue weighted by Crippen LogP contribution is 2.18. The lowest BCUT2D eigenvalue weighted by Gasteiger charge is -2.07. The highest BCUT2D eigenvalue weighted by molar-refractivity contribution is 7.99. The average Bonchev–Trinajstić information content (AvgIpc) is 2.99. The first-order valence-electron chi connectivity index (χ1n) is 5.67. The molecular weight excluding hydrogens is 268 g/mol. The molecule has 0 saturated carbocycles. The fraction of sp³-hybridized carbons (Fsp3) is 0.400. The molecule has 0 radical (unpaired) electrons. The molecule has 0 saturated heterocycles. The van der Waals surface area contributed by atoms with Gasteiger partial charge >= 0.3 is 5.97 Å². The van der Waals surface area contributed by atoms with Crippen LogP contribution in [-0.4, -0.2) is 41.4 Å². The molecule has 0 amide bonds. The summed E-state index contributed by atoms with van der Waals surface area (Å²) in [6, 6.07) is 1.86. The van der Waals surface area contributed by atoms with Gasteiger partial charge in [0.2, 0.25) is 5.95 Å². The van der Waals surface area contributed by atoms with E-state index in [0.29, 0.717) is 17.6 Å². The van der Waals surface area contributed by atoms with Crippen molar-refractivity contribution in [1.29, 1.82) is 0 Å². The summed E-state index contributed by atoms with van der Waals surface area (Å²) in [7, 11) is 0. The van der Waals surface area contributed by atoms with Gasteiger partial charge in [0.1, 0.15) is 0 Å². The maximum absolute atomic E-state index is 10.5. The molecule has 0 aliphatic rings. The number of hydrogen-bond acceptors (Lipinski definition) is 6. The van der Waals surface area contributed by atoms with Crippen molar-refractivity contribution in [3.63, 3.8) is 0 Å². The molecule has 19 heavy (non-hydrogen) atoms. The molecule has 0 aliphatic heterocycles. The van der Waals surface area contributed by atoms with E-state index in [1.807, 2.05) is 16.9 Å². The van der Waals surface area contributed by atoms with Crippen molar-refractivity contribution in [3.05, 3.63) is 18.5 Å².